The average molecular weight is 377 g/mol. The number of hydrogen-bond acceptors (Lipinski definition) is 7. The maximum atomic E-state index is 12.5. The number of carbonyl (C=O) groups is 2. The Morgan fingerprint density at radius 1 is 1.12 bits per heavy atom. The maximum Gasteiger partial charge on any atom is 0.288 e. The fourth-order valence-electron chi connectivity index (χ4n) is 3.67. The van der Waals surface area contributed by atoms with Crippen molar-refractivity contribution < 1.29 is 24.0 Å². The Labute approximate surface area is 152 Å². The first-order valence-corrected chi connectivity index (χ1v) is 8.31. The maximum absolute atomic E-state index is 12.5. The van der Waals surface area contributed by atoms with Gasteiger partial charge in [0.25, 0.3) is 5.69 Å². The lowest BCUT2D eigenvalue weighted by atomic mass is 9.71. The van der Waals surface area contributed by atoms with Crippen molar-refractivity contribution >= 4 is 34.6 Å². The lowest BCUT2D eigenvalue weighted by Gasteiger charge is -2.37. The number of ether oxygens (including phenoxy) is 2. The quantitative estimate of drug-likeness (QED) is 0.575. The third-order valence-corrected chi connectivity index (χ3v) is 5.05. The fraction of sp³-hybridized carbons (Fsp3) is 0.353. The van der Waals surface area contributed by atoms with E-state index in [0.717, 1.165) is 0 Å². The summed E-state index contributed by atoms with van der Waals surface area (Å²) in [6, 6.07) is 4.35. The second kappa shape index (κ2) is 6.39. The van der Waals surface area contributed by atoms with Gasteiger partial charge in [-0.3, -0.25) is 24.7 Å². The molecule has 0 aromatic heterocycles. The summed E-state index contributed by atoms with van der Waals surface area (Å²) in [4.78, 5) is 40.2. The smallest absolute Gasteiger partial charge is 0.288 e. The molecule has 3 aliphatic rings. The van der Waals surface area contributed by atoms with Gasteiger partial charge >= 0.3 is 0 Å². The van der Waals surface area contributed by atoms with Gasteiger partial charge in [-0.15, -0.1) is 0 Å². The fourth-order valence-corrected chi connectivity index (χ4v) is 3.85. The molecule has 0 amide bonds. The first kappa shape index (κ1) is 17.0. The summed E-state index contributed by atoms with van der Waals surface area (Å²) in [6.07, 6.45) is 0. The highest BCUT2D eigenvalue weighted by molar-refractivity contribution is 6.32. The number of nitrogens with zero attached hydrogens (tertiary/aromatic N) is 2. The number of rotatable bonds is 2. The van der Waals surface area contributed by atoms with Crippen LogP contribution in [0, 0.1) is 16.0 Å². The van der Waals surface area contributed by atoms with Gasteiger partial charge in [-0.05, 0) is 11.6 Å². The number of ketones is 2. The summed E-state index contributed by atoms with van der Waals surface area (Å²) in [5.74, 6) is -1.80. The number of Topliss-reactive ketones (excluding diaryl/α,β-unsaturated/α-hetero) is 2. The van der Waals surface area contributed by atoms with Crippen molar-refractivity contribution in [3.8, 4) is 0 Å². The summed E-state index contributed by atoms with van der Waals surface area (Å²) in [7, 11) is 0. The van der Waals surface area contributed by atoms with Crippen molar-refractivity contribution in [2.24, 2.45) is 10.9 Å². The minimum absolute atomic E-state index is 0.00531. The van der Waals surface area contributed by atoms with Crippen LogP contribution in [0.25, 0.3) is 0 Å². The van der Waals surface area contributed by atoms with E-state index in [0.29, 0.717) is 22.5 Å². The molecule has 0 saturated carbocycles. The van der Waals surface area contributed by atoms with Gasteiger partial charge < -0.3 is 9.47 Å². The molecule has 3 heterocycles. The lowest BCUT2D eigenvalue weighted by molar-refractivity contribution is -0.384. The summed E-state index contributed by atoms with van der Waals surface area (Å²) >= 11 is 5.91. The van der Waals surface area contributed by atoms with Crippen molar-refractivity contribution in [2.75, 3.05) is 26.4 Å². The summed E-state index contributed by atoms with van der Waals surface area (Å²) < 4.78 is 10.5. The molecule has 1 aromatic rings. The van der Waals surface area contributed by atoms with Gasteiger partial charge in [0.1, 0.15) is 18.2 Å². The van der Waals surface area contributed by atoms with E-state index >= 15 is 0 Å². The van der Waals surface area contributed by atoms with Crippen molar-refractivity contribution in [2.45, 2.75) is 5.92 Å². The second-order valence-electron chi connectivity index (χ2n) is 6.26. The lowest BCUT2D eigenvalue weighted by Crippen LogP contribution is -2.45. The number of hydrogen-bond donors (Lipinski definition) is 0. The Bertz CT molecular complexity index is 907. The van der Waals surface area contributed by atoms with Crippen molar-refractivity contribution in [1.82, 2.24) is 0 Å². The van der Waals surface area contributed by atoms with Crippen LogP contribution < -0.4 is 0 Å². The molecule has 1 aromatic carbocycles. The molecule has 0 radical (unpaired) electrons. The molecule has 4 rings (SSSR count). The number of benzene rings is 1. The molecule has 8 nitrogen and oxygen atoms in total. The predicted octanol–water partition coefficient (Wildman–Crippen LogP) is 1.86. The highest BCUT2D eigenvalue weighted by Crippen LogP contribution is 2.43. The van der Waals surface area contributed by atoms with E-state index in [1.165, 1.54) is 12.1 Å². The number of halogens is 1. The number of nitro benzene ring substituents is 1. The minimum atomic E-state index is -0.676. The van der Waals surface area contributed by atoms with Gasteiger partial charge in [0.15, 0.2) is 11.6 Å². The van der Waals surface area contributed by atoms with Gasteiger partial charge in [0, 0.05) is 17.6 Å². The first-order valence-electron chi connectivity index (χ1n) is 7.93. The molecule has 0 aliphatic carbocycles. The van der Waals surface area contributed by atoms with Crippen LogP contribution in [0.5, 0.6) is 0 Å². The molecular formula is C17H13ClN2O6. The number of nitro groups is 1. The van der Waals surface area contributed by atoms with E-state index in [-0.39, 0.29) is 48.7 Å². The zero-order chi connectivity index (χ0) is 18.4. The van der Waals surface area contributed by atoms with Crippen LogP contribution in [-0.2, 0) is 19.1 Å². The van der Waals surface area contributed by atoms with Crippen LogP contribution in [0.4, 0.5) is 5.69 Å². The highest BCUT2D eigenvalue weighted by Gasteiger charge is 2.45. The van der Waals surface area contributed by atoms with Crippen LogP contribution in [0.3, 0.4) is 0 Å². The normalized spacial score (nSPS) is 25.5. The molecule has 1 fully saturated rings. The van der Waals surface area contributed by atoms with Crippen molar-refractivity contribution in [3.63, 3.8) is 0 Å². The third-order valence-electron chi connectivity index (χ3n) is 4.73. The largest absolute Gasteiger partial charge is 0.368 e. The molecule has 0 bridgehead atoms. The van der Waals surface area contributed by atoms with E-state index in [1.54, 1.807) is 6.07 Å². The van der Waals surface area contributed by atoms with Crippen molar-refractivity contribution in [3.05, 3.63) is 50.2 Å². The Morgan fingerprint density at radius 2 is 1.88 bits per heavy atom. The predicted molar refractivity (Wildman–Crippen MR) is 90.5 cm³/mol. The Balaban J connectivity index is 1.91. The average Bonchev–Trinajstić information content (AvgIpc) is 2.61. The molecule has 3 aliphatic heterocycles. The molecule has 0 spiro atoms. The summed E-state index contributed by atoms with van der Waals surface area (Å²) in [6.45, 7) is 0.141. The molecule has 2 unspecified atom stereocenters. The standard InChI is InChI=1S/C17H13ClN2O6/c18-9-2-1-8(3-12(9)20(23)24)15-16-10(4-25-6-13(16)21)19-11-5-26-7-14(22)17(11)15/h1-3,15-16H,4-7H2. The van der Waals surface area contributed by atoms with Crippen LogP contribution in [0.2, 0.25) is 5.02 Å². The number of aliphatic imine (C=N–C) groups is 1. The molecule has 26 heavy (non-hydrogen) atoms. The first-order chi connectivity index (χ1) is 12.5. The SMILES string of the molecule is O=C1COCC2=C1C(c1ccc(Cl)c([N+](=O)[O-])c1)C1C(=O)COCC1=N2. The van der Waals surface area contributed by atoms with E-state index in [1.807, 2.05) is 0 Å². The zero-order valence-corrected chi connectivity index (χ0v) is 14.2. The van der Waals surface area contributed by atoms with Gasteiger partial charge in [-0.2, -0.15) is 0 Å². The summed E-state index contributed by atoms with van der Waals surface area (Å²) in [5.41, 5.74) is 1.57. The molecule has 2 atom stereocenters. The van der Waals surface area contributed by atoms with Gasteiger partial charge in [0.2, 0.25) is 0 Å². The summed E-state index contributed by atoms with van der Waals surface area (Å²) in [5, 5.41) is 11.3. The van der Waals surface area contributed by atoms with Crippen LogP contribution in [-0.4, -0.2) is 48.6 Å². The third kappa shape index (κ3) is 2.66. The number of fused-ring (bicyclic) bond motifs is 1. The molecule has 1 saturated heterocycles. The molecule has 134 valence electrons. The topological polar surface area (TPSA) is 108 Å². The molecule has 0 N–H and O–H groups in total. The highest BCUT2D eigenvalue weighted by atomic mass is 35.5. The Hall–Kier alpha value is -2.42. The van der Waals surface area contributed by atoms with Crippen LogP contribution in [0.15, 0.2) is 34.5 Å². The van der Waals surface area contributed by atoms with E-state index < -0.39 is 16.8 Å². The second-order valence-corrected chi connectivity index (χ2v) is 6.67. The Kier molecular flexibility index (Phi) is 4.18. The van der Waals surface area contributed by atoms with Crippen LogP contribution >= 0.6 is 11.6 Å². The van der Waals surface area contributed by atoms with E-state index in [9.17, 15) is 19.7 Å². The van der Waals surface area contributed by atoms with Crippen molar-refractivity contribution in [1.29, 1.82) is 0 Å². The van der Waals surface area contributed by atoms with Crippen LogP contribution in [0.1, 0.15) is 11.5 Å². The van der Waals surface area contributed by atoms with E-state index in [2.05, 4.69) is 4.99 Å². The Morgan fingerprint density at radius 3 is 2.65 bits per heavy atom. The van der Waals surface area contributed by atoms with Gasteiger partial charge in [-0.1, -0.05) is 17.7 Å². The molecule has 9 heteroatoms. The van der Waals surface area contributed by atoms with Gasteiger partial charge in [0.05, 0.1) is 35.5 Å². The minimum Gasteiger partial charge on any atom is -0.368 e. The van der Waals surface area contributed by atoms with E-state index in [4.69, 9.17) is 21.1 Å². The monoisotopic (exact) mass is 376 g/mol. The zero-order valence-electron chi connectivity index (χ0n) is 13.4. The number of carbonyl (C=O) groups excluding carboxylic acids is 2. The van der Waals surface area contributed by atoms with Gasteiger partial charge in [-0.25, -0.2) is 0 Å². The molecular weight excluding hydrogens is 364 g/mol.